The van der Waals surface area contributed by atoms with Crippen molar-refractivity contribution in [3.8, 4) is 68.7 Å². The number of rotatable bonds is 4. The van der Waals surface area contributed by atoms with Crippen LogP contribution in [-0.4, -0.2) is 39.9 Å². The Labute approximate surface area is 587 Å². The van der Waals surface area contributed by atoms with Gasteiger partial charge in [0.2, 0.25) is 0 Å². The summed E-state index contributed by atoms with van der Waals surface area (Å²) in [7, 11) is 0. The number of anilines is 2. The molecule has 4 aliphatic rings. The maximum atomic E-state index is 6.00. The van der Waals surface area contributed by atoms with Crippen LogP contribution >= 0.6 is 15.9 Å². The summed E-state index contributed by atoms with van der Waals surface area (Å²) in [6, 6.07) is 79.1. The van der Waals surface area contributed by atoms with E-state index in [1.807, 2.05) is 36.4 Å². The predicted molar refractivity (Wildman–Crippen MR) is 414 cm³/mol. The van der Waals surface area contributed by atoms with Gasteiger partial charge in [-0.05, 0) is 147 Å². The largest absolute Gasteiger partial charge is 0.399 e. The van der Waals surface area contributed by atoms with E-state index in [-0.39, 0.29) is 21.7 Å². The van der Waals surface area contributed by atoms with Gasteiger partial charge in [-0.15, -0.1) is 6.42 Å². The highest BCUT2D eigenvalue weighted by molar-refractivity contribution is 9.10. The molecule has 0 saturated heterocycles. The molecule has 16 bridgehead atoms. The quantitative estimate of drug-likeness (QED) is 0.0758. The van der Waals surface area contributed by atoms with Crippen molar-refractivity contribution in [1.82, 2.24) is 39.9 Å². The van der Waals surface area contributed by atoms with Gasteiger partial charge in [0.05, 0.1) is 55.2 Å². The summed E-state index contributed by atoms with van der Waals surface area (Å²) in [4.78, 5) is 36.5. The highest BCUT2D eigenvalue weighted by atomic mass is 79.9. The number of nitrogens with one attached hydrogen (secondary N) is 4. The molecule has 0 spiro atoms. The molecule has 12 aromatic rings. The van der Waals surface area contributed by atoms with E-state index >= 15 is 0 Å². The van der Waals surface area contributed by atoms with Crippen LogP contribution in [0.1, 0.15) is 118 Å². The summed E-state index contributed by atoms with van der Waals surface area (Å²) in [5.74, 6) is 9.49. The zero-order valence-electron chi connectivity index (χ0n) is 57.2. The third kappa shape index (κ3) is 13.4. The highest BCUT2D eigenvalue weighted by Gasteiger charge is 2.37. The van der Waals surface area contributed by atoms with Gasteiger partial charge in [-0.2, -0.15) is 0 Å². The Morgan fingerprint density at radius 3 is 1.11 bits per heavy atom. The molecule has 0 saturated carbocycles. The van der Waals surface area contributed by atoms with Crippen molar-refractivity contribution < 1.29 is 0 Å². The number of nitrogens with zero attached hydrogens (tertiary/aromatic N) is 4. The molecule has 0 unspecified atom stereocenters. The zero-order chi connectivity index (χ0) is 68.8. The minimum Gasteiger partial charge on any atom is -0.399 e. The van der Waals surface area contributed by atoms with Crippen molar-refractivity contribution in [1.29, 1.82) is 0 Å². The van der Waals surface area contributed by atoms with Crippen LogP contribution in [0.15, 0.2) is 235 Å². The molecule has 99 heavy (non-hydrogen) atoms. The van der Waals surface area contributed by atoms with Crippen LogP contribution < -0.4 is 11.5 Å². The lowest BCUT2D eigenvalue weighted by Gasteiger charge is -2.20. The topological polar surface area (TPSA) is 167 Å². The lowest BCUT2D eigenvalue weighted by atomic mass is 9.82. The van der Waals surface area contributed by atoms with Crippen molar-refractivity contribution in [3.63, 3.8) is 0 Å². The van der Waals surface area contributed by atoms with E-state index in [1.165, 1.54) is 0 Å². The number of H-pyrrole nitrogens is 4. The molecule has 6 aromatic heterocycles. The van der Waals surface area contributed by atoms with Gasteiger partial charge in [-0.1, -0.05) is 194 Å². The lowest BCUT2D eigenvalue weighted by molar-refractivity contribution is 0.544. The van der Waals surface area contributed by atoms with Gasteiger partial charge in [0.15, 0.2) is 0 Å². The average Bonchev–Trinajstić information content (AvgIpc) is 1.63. The third-order valence-corrected chi connectivity index (χ3v) is 20.0. The van der Waals surface area contributed by atoms with Crippen LogP contribution in [0, 0.1) is 24.2 Å². The maximum Gasteiger partial charge on any atom is 0.0699 e. The van der Waals surface area contributed by atoms with Crippen LogP contribution in [0.4, 0.5) is 11.4 Å². The molecule has 0 fully saturated rings. The minimum absolute atomic E-state index is 0.128. The van der Waals surface area contributed by atoms with E-state index in [2.05, 4.69) is 291 Å². The van der Waals surface area contributed by atoms with Crippen molar-refractivity contribution in [2.24, 2.45) is 0 Å². The molecular formula is C88H79BrN10. The molecule has 8 N–H and O–H groups in total. The second-order valence-corrected chi connectivity index (χ2v) is 29.6. The van der Waals surface area contributed by atoms with Crippen LogP contribution in [-0.2, 0) is 47.3 Å². The Hall–Kier alpha value is -11.2. The predicted octanol–water partition coefficient (Wildman–Crippen LogP) is 20.4. The van der Waals surface area contributed by atoms with E-state index < -0.39 is 0 Å². The van der Waals surface area contributed by atoms with Gasteiger partial charge in [0.1, 0.15) is 0 Å². The molecule has 0 atom stereocenters. The smallest absolute Gasteiger partial charge is 0.0699 e. The fourth-order valence-electron chi connectivity index (χ4n) is 14.2. The standard InChI is InChI=1S/C44H39N5.C36H33BrN4.C8H7N/c1-43(2)26-33-25-32-20-22-36(46-32)39(29-11-7-5-8-12-29)42-44(3,4)27-38(49-42)34(21-17-28-15-18-31(45)19-16-28)35-23-24-37(48-35)40(41(43)47-33)30-13-9-6-10-14-30;1-35(2)20-25-19-24-15-16-26(38-24)30(22-11-7-5-8-12-22)34-36(3,4)21-29(41-34)32(37)28-18-17-27(40-28)31(33(35)39-25)23-13-9-6-10-14-23;1-2-7-3-5-8(9)6-4-7/h5-16,18-20,22-25,46,48H,26-27,45H2,1-4H3;5-19,38,40H,20-21H2,1-4H3;1,3-6H,9H2. The molecule has 488 valence electrons. The number of nitrogen functional groups attached to an aromatic ring is 2. The van der Waals surface area contributed by atoms with Crippen molar-refractivity contribution >= 4 is 71.4 Å². The van der Waals surface area contributed by atoms with Gasteiger partial charge in [-0.3, -0.25) is 19.9 Å². The lowest BCUT2D eigenvalue weighted by Crippen LogP contribution is -2.17. The number of nitrogens with two attached hydrogens (primary N) is 2. The van der Waals surface area contributed by atoms with E-state index in [0.717, 1.165) is 187 Å². The first-order valence-corrected chi connectivity index (χ1v) is 34.5. The summed E-state index contributed by atoms with van der Waals surface area (Å²) in [5, 5.41) is 0. The van der Waals surface area contributed by atoms with E-state index in [9.17, 15) is 0 Å². The normalized spacial score (nSPS) is 14.5. The van der Waals surface area contributed by atoms with Gasteiger partial charge in [0.25, 0.3) is 0 Å². The van der Waals surface area contributed by atoms with E-state index in [0.29, 0.717) is 5.69 Å². The number of aromatic amines is 4. The maximum absolute atomic E-state index is 6.00. The minimum atomic E-state index is -0.253. The third-order valence-electron chi connectivity index (χ3n) is 19.1. The molecule has 0 amide bonds. The summed E-state index contributed by atoms with van der Waals surface area (Å²) in [6.07, 6.45) is 8.38. The molecule has 10 heterocycles. The number of fused-ring (bicyclic) bond motifs is 16. The van der Waals surface area contributed by atoms with Crippen LogP contribution in [0.5, 0.6) is 0 Å². The first-order valence-electron chi connectivity index (χ1n) is 33.8. The molecule has 11 heteroatoms. The van der Waals surface area contributed by atoms with Crippen LogP contribution in [0.3, 0.4) is 0 Å². The van der Waals surface area contributed by atoms with Gasteiger partial charge < -0.3 is 31.4 Å². The first-order chi connectivity index (χ1) is 47.7. The number of aromatic nitrogens is 8. The molecule has 6 aromatic carbocycles. The zero-order valence-corrected chi connectivity index (χ0v) is 58.8. The Balaban J connectivity index is 0.000000152. The summed E-state index contributed by atoms with van der Waals surface area (Å²) in [6.45, 7) is 18.3. The molecular weight excluding hydrogens is 1280 g/mol. The van der Waals surface area contributed by atoms with Crippen molar-refractivity contribution in [2.45, 2.75) is 103 Å². The summed E-state index contributed by atoms with van der Waals surface area (Å²) >= 11 is 3.97. The fraction of sp³-hybridized carbons (Fsp3) is 0.182. The number of terminal acetylenes is 1. The van der Waals surface area contributed by atoms with Gasteiger partial charge in [-0.25, -0.2) is 0 Å². The van der Waals surface area contributed by atoms with Gasteiger partial charge in [0, 0.05) is 137 Å². The fourth-order valence-corrected chi connectivity index (χ4v) is 14.7. The molecule has 0 radical (unpaired) electrons. The van der Waals surface area contributed by atoms with Crippen molar-refractivity contribution in [3.05, 3.63) is 297 Å². The SMILES string of the molecule is C#Cc1ccc(N)cc1.CC1(C)Cc2nc1c(-c1ccccc1)c1ccc(cc3nc(c(-c4ccccc4)c4ccc([nH]4)c2Br)C(C)(C)C3)[nH]1.CC1(C)Cc2nc1c(-c1ccccc1)c1ccc(cc3nc(c(-c4ccccc4)c4ccc([nH]4)c2C#Cc2ccc(N)cc2)C(C)(C)C3)[nH]1. The monoisotopic (exact) mass is 1350 g/mol. The second kappa shape index (κ2) is 26.3. The Bertz CT molecular complexity index is 5450. The Kier molecular flexibility index (Phi) is 17.3. The molecule has 10 nitrogen and oxygen atoms in total. The second-order valence-electron chi connectivity index (χ2n) is 28.8. The number of hydrogen-bond acceptors (Lipinski definition) is 6. The summed E-state index contributed by atoms with van der Waals surface area (Å²) < 4.78 is 0.999. The highest BCUT2D eigenvalue weighted by Crippen LogP contribution is 2.45. The number of halogens is 1. The number of benzene rings is 6. The van der Waals surface area contributed by atoms with Crippen molar-refractivity contribution in [2.75, 3.05) is 11.5 Å². The Morgan fingerprint density at radius 1 is 0.354 bits per heavy atom. The average molecular weight is 1360 g/mol. The number of hydrogen-bond donors (Lipinski definition) is 6. The molecule has 0 aliphatic carbocycles. The van der Waals surface area contributed by atoms with E-state index in [1.54, 1.807) is 12.1 Å². The van der Waals surface area contributed by atoms with E-state index in [4.69, 9.17) is 37.8 Å². The Morgan fingerprint density at radius 2 is 0.687 bits per heavy atom. The first kappa shape index (κ1) is 65.1. The van der Waals surface area contributed by atoms with Crippen LogP contribution in [0.25, 0.3) is 88.6 Å². The molecule has 4 aliphatic heterocycles. The molecule has 16 rings (SSSR count). The van der Waals surface area contributed by atoms with Gasteiger partial charge >= 0.3 is 0 Å². The summed E-state index contributed by atoms with van der Waals surface area (Å²) in [5.41, 5.74) is 40.5. The van der Waals surface area contributed by atoms with Crippen LogP contribution in [0.2, 0.25) is 0 Å².